The first kappa shape index (κ1) is 25.4. The number of benzene rings is 1. The number of nitrogens with one attached hydrogen (secondary N) is 3. The molecule has 0 saturated heterocycles. The molecule has 2 saturated carbocycles. The van der Waals surface area contributed by atoms with Crippen LogP contribution in [0.2, 0.25) is 0 Å². The molecular formula is C26H35N5O3S2. The first-order valence-electron chi connectivity index (χ1n) is 12.7. The molecule has 3 aromatic rings. The van der Waals surface area contributed by atoms with Gasteiger partial charge in [0.05, 0.1) is 15.9 Å². The normalized spacial score (nSPS) is 21.0. The lowest BCUT2D eigenvalue weighted by molar-refractivity contribution is 0.0742. The Balaban J connectivity index is 1.35. The summed E-state index contributed by atoms with van der Waals surface area (Å²) in [4.78, 5) is 4.95. The lowest BCUT2D eigenvalue weighted by Gasteiger charge is -2.30. The van der Waals surface area contributed by atoms with Crippen LogP contribution < -0.4 is 10.6 Å². The van der Waals surface area contributed by atoms with Gasteiger partial charge in [-0.3, -0.25) is 5.10 Å². The minimum absolute atomic E-state index is 0.265. The van der Waals surface area contributed by atoms with Crippen molar-refractivity contribution in [3.63, 3.8) is 0 Å². The molecule has 194 valence electrons. The second-order valence-electron chi connectivity index (χ2n) is 10.8. The zero-order valence-corrected chi connectivity index (χ0v) is 22.7. The molecule has 0 amide bonds. The Bertz CT molecular complexity index is 1300. The van der Waals surface area contributed by atoms with E-state index in [4.69, 9.17) is 4.98 Å². The third-order valence-corrected chi connectivity index (χ3v) is 10.9. The minimum Gasteiger partial charge on any atom is -0.389 e. The lowest BCUT2D eigenvalue weighted by atomic mass is 9.86. The molecule has 8 nitrogen and oxygen atoms in total. The summed E-state index contributed by atoms with van der Waals surface area (Å²) in [6, 6.07) is 10.0. The number of thiazole rings is 1. The zero-order valence-electron chi connectivity index (χ0n) is 21.0. The van der Waals surface area contributed by atoms with E-state index in [9.17, 15) is 13.5 Å². The van der Waals surface area contributed by atoms with E-state index in [2.05, 4.69) is 20.8 Å². The van der Waals surface area contributed by atoms with Gasteiger partial charge in [-0.05, 0) is 71.4 Å². The van der Waals surface area contributed by atoms with Gasteiger partial charge in [0.2, 0.25) is 0 Å². The smallest absolute Gasteiger partial charge is 0.192 e. The summed E-state index contributed by atoms with van der Waals surface area (Å²) in [6.45, 7) is 6.14. The molecule has 2 aliphatic rings. The summed E-state index contributed by atoms with van der Waals surface area (Å²) in [6.07, 6.45) is 5.38. The maximum Gasteiger partial charge on any atom is 0.192 e. The first-order valence-corrected chi connectivity index (χ1v) is 15.0. The van der Waals surface area contributed by atoms with Crippen LogP contribution in [0.1, 0.15) is 69.0 Å². The van der Waals surface area contributed by atoms with E-state index in [1.54, 1.807) is 0 Å². The average molecular weight is 530 g/mol. The van der Waals surface area contributed by atoms with Crippen LogP contribution in [0.4, 0.5) is 11.5 Å². The molecule has 4 N–H and O–H groups in total. The van der Waals surface area contributed by atoms with Crippen LogP contribution in [0.5, 0.6) is 0 Å². The Morgan fingerprint density at radius 3 is 2.39 bits per heavy atom. The molecule has 5 rings (SSSR count). The fraction of sp³-hybridized carbons (Fsp3) is 0.538. The third-order valence-electron chi connectivity index (χ3n) is 6.87. The van der Waals surface area contributed by atoms with Crippen molar-refractivity contribution in [1.82, 2.24) is 20.5 Å². The van der Waals surface area contributed by atoms with E-state index < -0.39 is 15.4 Å². The number of sulfone groups is 1. The SMILES string of the molecule is Cc1cc(Nc2ccc(-c3nc(C4CCC(NCC(C)(C)O)CC4)sc3S(=O)(=O)C3CC3)cc2)n[nH]1. The van der Waals surface area contributed by atoms with Crippen molar-refractivity contribution in [2.45, 2.75) is 86.3 Å². The molecule has 1 aromatic carbocycles. The van der Waals surface area contributed by atoms with Crippen molar-refractivity contribution in [3.8, 4) is 11.3 Å². The standard InChI is InChI=1S/C26H35N5O3S2/c1-16-14-22(31-30-16)28-20-10-4-17(5-11-20)23-25(36(33,34)21-12-13-21)35-24(29-23)18-6-8-19(9-7-18)27-15-26(2,3)32/h4-5,10-11,14,18-19,21,27,32H,6-9,12-13,15H2,1-3H3,(H2,28,30,31). The summed E-state index contributed by atoms with van der Waals surface area (Å²) in [5.41, 5.74) is 2.53. The van der Waals surface area contributed by atoms with E-state index >= 15 is 0 Å². The Morgan fingerprint density at radius 1 is 1.11 bits per heavy atom. The number of aliphatic hydroxyl groups is 1. The summed E-state index contributed by atoms with van der Waals surface area (Å²) in [7, 11) is -3.37. The summed E-state index contributed by atoms with van der Waals surface area (Å²) in [5.74, 6) is 1.00. The van der Waals surface area contributed by atoms with Crippen LogP contribution in [0, 0.1) is 6.92 Å². The number of aromatic amines is 1. The van der Waals surface area contributed by atoms with Crippen molar-refractivity contribution in [2.24, 2.45) is 0 Å². The van der Waals surface area contributed by atoms with Crippen LogP contribution in [0.15, 0.2) is 34.5 Å². The lowest BCUT2D eigenvalue weighted by Crippen LogP contribution is -2.42. The van der Waals surface area contributed by atoms with Gasteiger partial charge in [-0.15, -0.1) is 11.3 Å². The van der Waals surface area contributed by atoms with Crippen LogP contribution in [-0.4, -0.2) is 52.1 Å². The molecule has 0 aliphatic heterocycles. The predicted molar refractivity (Wildman–Crippen MR) is 144 cm³/mol. The number of hydrogen-bond donors (Lipinski definition) is 4. The molecule has 0 spiro atoms. The van der Waals surface area contributed by atoms with Gasteiger partial charge in [0.1, 0.15) is 9.90 Å². The monoisotopic (exact) mass is 529 g/mol. The number of aromatic nitrogens is 3. The first-order chi connectivity index (χ1) is 17.1. The second kappa shape index (κ2) is 9.89. The predicted octanol–water partition coefficient (Wildman–Crippen LogP) is 4.91. The largest absolute Gasteiger partial charge is 0.389 e. The topological polar surface area (TPSA) is 120 Å². The van der Waals surface area contributed by atoms with Crippen molar-refractivity contribution in [3.05, 3.63) is 41.0 Å². The van der Waals surface area contributed by atoms with E-state index in [0.29, 0.717) is 22.5 Å². The van der Waals surface area contributed by atoms with Crippen molar-refractivity contribution in [1.29, 1.82) is 0 Å². The molecule has 0 radical (unpaired) electrons. The summed E-state index contributed by atoms with van der Waals surface area (Å²) in [5, 5.41) is 24.5. The molecule has 2 heterocycles. The van der Waals surface area contributed by atoms with Gasteiger partial charge in [0.25, 0.3) is 0 Å². The van der Waals surface area contributed by atoms with Crippen LogP contribution in [0.3, 0.4) is 0 Å². The maximum atomic E-state index is 13.3. The second-order valence-corrected chi connectivity index (χ2v) is 14.3. The number of nitrogens with zero attached hydrogens (tertiary/aromatic N) is 2. The van der Waals surface area contributed by atoms with E-state index in [1.165, 1.54) is 11.3 Å². The minimum atomic E-state index is -3.37. The number of H-pyrrole nitrogens is 1. The molecule has 2 aliphatic carbocycles. The molecule has 2 fully saturated rings. The van der Waals surface area contributed by atoms with Gasteiger partial charge < -0.3 is 15.7 Å². The molecular weight excluding hydrogens is 494 g/mol. The Morgan fingerprint density at radius 2 is 1.81 bits per heavy atom. The highest BCUT2D eigenvalue weighted by molar-refractivity contribution is 7.94. The molecule has 0 atom stereocenters. The van der Waals surface area contributed by atoms with Gasteiger partial charge in [0.15, 0.2) is 15.7 Å². The highest BCUT2D eigenvalue weighted by atomic mass is 32.2. The van der Waals surface area contributed by atoms with Crippen molar-refractivity contribution in [2.75, 3.05) is 11.9 Å². The van der Waals surface area contributed by atoms with Gasteiger partial charge in [-0.1, -0.05) is 12.1 Å². The maximum absolute atomic E-state index is 13.3. The highest BCUT2D eigenvalue weighted by Gasteiger charge is 2.41. The van der Waals surface area contributed by atoms with Crippen LogP contribution >= 0.6 is 11.3 Å². The van der Waals surface area contributed by atoms with Crippen LogP contribution in [0.25, 0.3) is 11.3 Å². The number of hydrogen-bond acceptors (Lipinski definition) is 8. The molecule has 0 bridgehead atoms. The van der Waals surface area contributed by atoms with Gasteiger partial charge in [0, 0.05) is 41.5 Å². The fourth-order valence-corrected chi connectivity index (χ4v) is 8.29. The fourth-order valence-electron chi connectivity index (χ4n) is 4.68. The molecule has 36 heavy (non-hydrogen) atoms. The van der Waals surface area contributed by atoms with Crippen molar-refractivity contribution >= 4 is 32.7 Å². The van der Waals surface area contributed by atoms with Gasteiger partial charge in [-0.2, -0.15) is 5.10 Å². The van der Waals surface area contributed by atoms with E-state index in [-0.39, 0.29) is 11.2 Å². The zero-order chi connectivity index (χ0) is 25.5. The summed E-state index contributed by atoms with van der Waals surface area (Å²) < 4.78 is 27.1. The highest BCUT2D eigenvalue weighted by Crippen LogP contribution is 2.44. The van der Waals surface area contributed by atoms with Gasteiger partial charge in [-0.25, -0.2) is 13.4 Å². The number of rotatable bonds is 9. The Labute approximate surface area is 216 Å². The summed E-state index contributed by atoms with van der Waals surface area (Å²) >= 11 is 1.38. The van der Waals surface area contributed by atoms with E-state index in [1.807, 2.05) is 51.1 Å². The Kier molecular flexibility index (Phi) is 6.97. The van der Waals surface area contributed by atoms with Crippen LogP contribution in [-0.2, 0) is 9.84 Å². The Hall–Kier alpha value is -2.27. The van der Waals surface area contributed by atoms with E-state index in [0.717, 1.165) is 66.3 Å². The molecule has 2 aromatic heterocycles. The quantitative estimate of drug-likeness (QED) is 0.311. The molecule has 0 unspecified atom stereocenters. The third kappa shape index (κ3) is 5.82. The average Bonchev–Trinajstić information content (AvgIpc) is 3.49. The van der Waals surface area contributed by atoms with Gasteiger partial charge >= 0.3 is 0 Å². The number of aryl methyl sites for hydroxylation is 1. The number of anilines is 2. The molecule has 10 heteroatoms. The van der Waals surface area contributed by atoms with Crippen molar-refractivity contribution < 1.29 is 13.5 Å².